The maximum atomic E-state index is 9.87. The second-order valence-corrected chi connectivity index (χ2v) is 4.68. The number of rotatable bonds is 3. The molecule has 2 atom stereocenters. The van der Waals surface area contributed by atoms with Crippen molar-refractivity contribution in [3.05, 3.63) is 46.3 Å². The van der Waals surface area contributed by atoms with Crippen LogP contribution in [0.15, 0.2) is 35.4 Å². The van der Waals surface area contributed by atoms with Gasteiger partial charge in [0, 0.05) is 18.0 Å². The number of azide groups is 1. The molecule has 0 aliphatic carbocycles. The highest BCUT2D eigenvalue weighted by molar-refractivity contribution is 5.14. The Bertz CT molecular complexity index is 416. The summed E-state index contributed by atoms with van der Waals surface area (Å²) in [5.74, 6) is 0. The van der Waals surface area contributed by atoms with Gasteiger partial charge in [0.1, 0.15) is 0 Å². The highest BCUT2D eigenvalue weighted by Crippen LogP contribution is 2.17. The van der Waals surface area contributed by atoms with E-state index < -0.39 is 6.10 Å². The molecule has 2 rings (SSSR count). The molecule has 1 aromatic rings. The van der Waals surface area contributed by atoms with Crippen molar-refractivity contribution in [2.75, 3.05) is 13.1 Å². The van der Waals surface area contributed by atoms with Crippen LogP contribution in [0.1, 0.15) is 18.4 Å². The summed E-state index contributed by atoms with van der Waals surface area (Å²) in [5.41, 5.74) is 9.74. The third-order valence-corrected chi connectivity index (χ3v) is 3.38. The second kappa shape index (κ2) is 6.40. The summed E-state index contributed by atoms with van der Waals surface area (Å²) in [6.45, 7) is 2.58. The maximum Gasteiger partial charge on any atom is 0.0646 e. The molecular formula is C13H18N4O. The van der Waals surface area contributed by atoms with E-state index in [0.717, 1.165) is 26.1 Å². The van der Waals surface area contributed by atoms with Gasteiger partial charge in [-0.05, 0) is 30.5 Å². The number of hydrogen-bond donors (Lipinski definition) is 1. The Kier molecular flexibility index (Phi) is 4.59. The van der Waals surface area contributed by atoms with Crippen LogP contribution in [0.2, 0.25) is 0 Å². The predicted molar refractivity (Wildman–Crippen MR) is 69.9 cm³/mol. The van der Waals surface area contributed by atoms with Crippen LogP contribution in [0.4, 0.5) is 0 Å². The van der Waals surface area contributed by atoms with E-state index in [2.05, 4.69) is 27.1 Å². The van der Waals surface area contributed by atoms with Crippen LogP contribution in [0.25, 0.3) is 10.4 Å². The van der Waals surface area contributed by atoms with E-state index in [1.165, 1.54) is 5.56 Å². The minimum absolute atomic E-state index is 0.282. The van der Waals surface area contributed by atoms with Gasteiger partial charge in [0.2, 0.25) is 0 Å². The molecule has 1 aromatic carbocycles. The van der Waals surface area contributed by atoms with Crippen molar-refractivity contribution < 1.29 is 5.11 Å². The van der Waals surface area contributed by atoms with Crippen molar-refractivity contribution in [2.45, 2.75) is 31.5 Å². The Labute approximate surface area is 107 Å². The molecule has 1 saturated heterocycles. The molecule has 1 fully saturated rings. The summed E-state index contributed by atoms with van der Waals surface area (Å²) in [4.78, 5) is 5.10. The number of benzene rings is 1. The Balaban J connectivity index is 1.94. The molecule has 96 valence electrons. The van der Waals surface area contributed by atoms with Gasteiger partial charge in [-0.15, -0.1) is 0 Å². The zero-order chi connectivity index (χ0) is 12.8. The average Bonchev–Trinajstić information content (AvgIpc) is 2.56. The van der Waals surface area contributed by atoms with Gasteiger partial charge in [-0.1, -0.05) is 35.4 Å². The topological polar surface area (TPSA) is 72.2 Å². The fourth-order valence-corrected chi connectivity index (χ4v) is 2.33. The molecule has 18 heavy (non-hydrogen) atoms. The van der Waals surface area contributed by atoms with E-state index in [1.54, 1.807) is 0 Å². The third kappa shape index (κ3) is 3.47. The Morgan fingerprint density at radius 2 is 2.00 bits per heavy atom. The van der Waals surface area contributed by atoms with Crippen LogP contribution < -0.4 is 0 Å². The van der Waals surface area contributed by atoms with Gasteiger partial charge in [-0.25, -0.2) is 0 Å². The van der Waals surface area contributed by atoms with Crippen LogP contribution in [0.3, 0.4) is 0 Å². The molecule has 1 aliphatic rings. The average molecular weight is 246 g/mol. The molecule has 0 radical (unpaired) electrons. The lowest BCUT2D eigenvalue weighted by molar-refractivity contribution is 0.137. The van der Waals surface area contributed by atoms with Gasteiger partial charge in [-0.3, -0.25) is 4.90 Å². The number of aliphatic hydroxyl groups excluding tert-OH is 1. The quantitative estimate of drug-likeness (QED) is 0.505. The van der Waals surface area contributed by atoms with Crippen LogP contribution in [-0.2, 0) is 6.54 Å². The molecule has 0 aromatic heterocycles. The fourth-order valence-electron chi connectivity index (χ4n) is 2.33. The highest BCUT2D eigenvalue weighted by atomic mass is 16.3. The fraction of sp³-hybridized carbons (Fsp3) is 0.538. The van der Waals surface area contributed by atoms with Crippen molar-refractivity contribution in [1.82, 2.24) is 4.90 Å². The van der Waals surface area contributed by atoms with Gasteiger partial charge in [0.15, 0.2) is 0 Å². The molecule has 0 amide bonds. The van der Waals surface area contributed by atoms with Gasteiger partial charge in [0.05, 0.1) is 12.1 Å². The van der Waals surface area contributed by atoms with Crippen molar-refractivity contribution in [3.8, 4) is 0 Å². The Morgan fingerprint density at radius 3 is 2.72 bits per heavy atom. The lowest BCUT2D eigenvalue weighted by atomic mass is 10.1. The summed E-state index contributed by atoms with van der Waals surface area (Å²) in [7, 11) is 0. The molecule has 0 saturated carbocycles. The minimum Gasteiger partial charge on any atom is -0.393 e. The highest BCUT2D eigenvalue weighted by Gasteiger charge is 2.23. The van der Waals surface area contributed by atoms with E-state index in [1.807, 2.05) is 18.2 Å². The molecule has 1 heterocycles. The predicted octanol–water partition coefficient (Wildman–Crippen LogP) is 2.32. The minimum atomic E-state index is -0.512. The summed E-state index contributed by atoms with van der Waals surface area (Å²) < 4.78 is 0. The molecule has 0 spiro atoms. The lowest BCUT2D eigenvalue weighted by Crippen LogP contribution is -2.24. The molecule has 1 N–H and O–H groups in total. The molecule has 5 heteroatoms. The van der Waals surface area contributed by atoms with E-state index in [0.29, 0.717) is 6.42 Å². The number of nitrogens with zero attached hydrogens (tertiary/aromatic N) is 4. The van der Waals surface area contributed by atoms with E-state index >= 15 is 0 Å². The maximum absolute atomic E-state index is 9.87. The first-order valence-corrected chi connectivity index (χ1v) is 6.28. The number of aliphatic hydroxyl groups is 1. The third-order valence-electron chi connectivity index (χ3n) is 3.38. The van der Waals surface area contributed by atoms with Crippen molar-refractivity contribution in [3.63, 3.8) is 0 Å². The molecule has 0 bridgehead atoms. The first-order chi connectivity index (χ1) is 8.79. The van der Waals surface area contributed by atoms with E-state index in [4.69, 9.17) is 5.53 Å². The zero-order valence-electron chi connectivity index (χ0n) is 10.3. The smallest absolute Gasteiger partial charge is 0.0646 e. The summed E-state index contributed by atoms with van der Waals surface area (Å²) >= 11 is 0. The lowest BCUT2D eigenvalue weighted by Gasteiger charge is -2.19. The van der Waals surface area contributed by atoms with Gasteiger partial charge < -0.3 is 5.11 Å². The standard InChI is InChI=1S/C13H18N4O/c14-16-15-12-6-8-17(9-7-13(12)18)10-11-4-2-1-3-5-11/h1-5,12-13,18H,6-10H2. The summed E-state index contributed by atoms with van der Waals surface area (Å²) in [5, 5.41) is 13.5. The van der Waals surface area contributed by atoms with E-state index in [9.17, 15) is 5.11 Å². The van der Waals surface area contributed by atoms with Crippen LogP contribution >= 0.6 is 0 Å². The van der Waals surface area contributed by atoms with Gasteiger partial charge in [0.25, 0.3) is 0 Å². The van der Waals surface area contributed by atoms with Crippen LogP contribution in [-0.4, -0.2) is 35.2 Å². The molecular weight excluding hydrogens is 228 g/mol. The SMILES string of the molecule is [N-]=[N+]=NC1CCN(Cc2ccccc2)CCC1O. The Morgan fingerprint density at radius 1 is 1.28 bits per heavy atom. The Hall–Kier alpha value is -1.55. The monoisotopic (exact) mass is 246 g/mol. The second-order valence-electron chi connectivity index (χ2n) is 4.68. The zero-order valence-corrected chi connectivity index (χ0v) is 10.3. The first-order valence-electron chi connectivity index (χ1n) is 6.28. The van der Waals surface area contributed by atoms with Gasteiger partial charge >= 0.3 is 0 Å². The van der Waals surface area contributed by atoms with E-state index in [-0.39, 0.29) is 6.04 Å². The molecule has 1 aliphatic heterocycles. The molecule has 5 nitrogen and oxygen atoms in total. The van der Waals surface area contributed by atoms with Crippen molar-refractivity contribution >= 4 is 0 Å². The summed E-state index contributed by atoms with van der Waals surface area (Å²) in [6.07, 6.45) is 0.871. The normalized spacial score (nSPS) is 25.2. The van der Waals surface area contributed by atoms with Crippen LogP contribution in [0.5, 0.6) is 0 Å². The van der Waals surface area contributed by atoms with Gasteiger partial charge in [-0.2, -0.15) is 0 Å². The first kappa shape index (κ1) is 12.9. The summed E-state index contributed by atoms with van der Waals surface area (Å²) in [6, 6.07) is 10.00. The largest absolute Gasteiger partial charge is 0.393 e. The van der Waals surface area contributed by atoms with Crippen LogP contribution in [0, 0.1) is 0 Å². The number of hydrogen-bond acceptors (Lipinski definition) is 3. The number of likely N-dealkylation sites (tertiary alicyclic amines) is 1. The van der Waals surface area contributed by atoms with Crippen molar-refractivity contribution in [1.29, 1.82) is 0 Å². The molecule has 2 unspecified atom stereocenters. The van der Waals surface area contributed by atoms with Crippen molar-refractivity contribution in [2.24, 2.45) is 5.11 Å².